The third-order valence-electron chi connectivity index (χ3n) is 3.01. The second-order valence-corrected chi connectivity index (χ2v) is 4.37. The van der Waals surface area contributed by atoms with Crippen LogP contribution in [0.2, 0.25) is 0 Å². The molecule has 0 aromatic carbocycles. The number of imidazole rings is 1. The molecule has 1 N–H and O–H groups in total. The molecular formula is C14H21N3O. The van der Waals surface area contributed by atoms with Gasteiger partial charge in [-0.05, 0) is 19.0 Å². The van der Waals surface area contributed by atoms with E-state index >= 15 is 0 Å². The van der Waals surface area contributed by atoms with Crippen molar-refractivity contribution in [1.29, 1.82) is 0 Å². The van der Waals surface area contributed by atoms with Crippen LogP contribution in [0.15, 0.2) is 29.1 Å². The average Bonchev–Trinajstić information content (AvgIpc) is 3.00. The fourth-order valence-corrected chi connectivity index (χ4v) is 2.02. The lowest BCUT2D eigenvalue weighted by Gasteiger charge is -2.07. The van der Waals surface area contributed by atoms with E-state index in [0.29, 0.717) is 0 Å². The summed E-state index contributed by atoms with van der Waals surface area (Å²) in [4.78, 5) is 4.33. The Morgan fingerprint density at radius 3 is 3.06 bits per heavy atom. The van der Waals surface area contributed by atoms with Gasteiger partial charge in [-0.25, -0.2) is 4.98 Å². The van der Waals surface area contributed by atoms with Crippen molar-refractivity contribution >= 4 is 0 Å². The molecule has 0 aliphatic heterocycles. The SMILES string of the molecule is CCCNCc1ccoc1Cn1ccnc1CC. The number of hydrogen-bond donors (Lipinski definition) is 1. The molecule has 18 heavy (non-hydrogen) atoms. The lowest BCUT2D eigenvalue weighted by Crippen LogP contribution is -2.15. The molecule has 0 bridgehead atoms. The van der Waals surface area contributed by atoms with Crippen molar-refractivity contribution < 1.29 is 4.42 Å². The lowest BCUT2D eigenvalue weighted by atomic mass is 10.2. The molecule has 0 atom stereocenters. The van der Waals surface area contributed by atoms with Gasteiger partial charge < -0.3 is 14.3 Å². The molecule has 2 rings (SSSR count). The number of nitrogens with one attached hydrogen (secondary N) is 1. The second kappa shape index (κ2) is 6.40. The van der Waals surface area contributed by atoms with E-state index in [1.807, 2.05) is 18.5 Å². The van der Waals surface area contributed by atoms with Crippen LogP contribution in [0, 0.1) is 0 Å². The topological polar surface area (TPSA) is 43.0 Å². The van der Waals surface area contributed by atoms with Gasteiger partial charge in [-0.15, -0.1) is 0 Å². The Balaban J connectivity index is 2.03. The molecule has 0 aliphatic carbocycles. The first-order chi connectivity index (χ1) is 8.85. The van der Waals surface area contributed by atoms with Gasteiger partial charge in [0.2, 0.25) is 0 Å². The van der Waals surface area contributed by atoms with E-state index in [1.165, 1.54) is 5.56 Å². The molecule has 0 unspecified atom stereocenters. The van der Waals surface area contributed by atoms with Gasteiger partial charge in [0.25, 0.3) is 0 Å². The molecule has 0 amide bonds. The van der Waals surface area contributed by atoms with Gasteiger partial charge in [0.15, 0.2) is 0 Å². The van der Waals surface area contributed by atoms with Gasteiger partial charge in [0.05, 0.1) is 12.8 Å². The van der Waals surface area contributed by atoms with Crippen LogP contribution >= 0.6 is 0 Å². The first-order valence-electron chi connectivity index (χ1n) is 6.61. The van der Waals surface area contributed by atoms with Crippen molar-refractivity contribution in [2.24, 2.45) is 0 Å². The van der Waals surface area contributed by atoms with E-state index in [4.69, 9.17) is 4.42 Å². The number of hydrogen-bond acceptors (Lipinski definition) is 3. The van der Waals surface area contributed by atoms with Crippen LogP contribution in [-0.4, -0.2) is 16.1 Å². The van der Waals surface area contributed by atoms with Crippen LogP contribution < -0.4 is 5.32 Å². The van der Waals surface area contributed by atoms with Gasteiger partial charge in [-0.2, -0.15) is 0 Å². The number of nitrogens with zero attached hydrogens (tertiary/aromatic N) is 2. The summed E-state index contributed by atoms with van der Waals surface area (Å²) < 4.78 is 7.72. The van der Waals surface area contributed by atoms with Crippen LogP contribution in [0.5, 0.6) is 0 Å². The lowest BCUT2D eigenvalue weighted by molar-refractivity contribution is 0.481. The molecule has 2 aromatic rings. The summed E-state index contributed by atoms with van der Waals surface area (Å²) in [7, 11) is 0. The fraction of sp³-hybridized carbons (Fsp3) is 0.500. The molecule has 0 fully saturated rings. The first-order valence-corrected chi connectivity index (χ1v) is 6.61. The molecular weight excluding hydrogens is 226 g/mol. The zero-order valence-electron chi connectivity index (χ0n) is 11.1. The van der Waals surface area contributed by atoms with Crippen LogP contribution in [0.25, 0.3) is 0 Å². The largest absolute Gasteiger partial charge is 0.467 e. The first kappa shape index (κ1) is 12.9. The van der Waals surface area contributed by atoms with Crippen molar-refractivity contribution in [3.8, 4) is 0 Å². The standard InChI is InChI=1S/C14H21N3O/c1-3-6-15-10-12-5-9-18-13(12)11-17-8-7-16-14(17)4-2/h5,7-9,15H,3-4,6,10-11H2,1-2H3. The van der Waals surface area contributed by atoms with E-state index < -0.39 is 0 Å². The predicted octanol–water partition coefficient (Wildman–Crippen LogP) is 2.59. The normalized spacial score (nSPS) is 11.0. The van der Waals surface area contributed by atoms with Crippen LogP contribution in [0.3, 0.4) is 0 Å². The van der Waals surface area contributed by atoms with Crippen LogP contribution in [-0.2, 0) is 19.5 Å². The maximum atomic E-state index is 5.58. The van der Waals surface area contributed by atoms with Gasteiger partial charge in [0, 0.05) is 30.9 Å². The summed E-state index contributed by atoms with van der Waals surface area (Å²) in [5, 5.41) is 3.40. The van der Waals surface area contributed by atoms with Crippen molar-refractivity contribution in [1.82, 2.24) is 14.9 Å². The van der Waals surface area contributed by atoms with E-state index in [-0.39, 0.29) is 0 Å². The zero-order valence-corrected chi connectivity index (χ0v) is 11.1. The molecule has 0 saturated carbocycles. The Hall–Kier alpha value is -1.55. The van der Waals surface area contributed by atoms with E-state index in [1.54, 1.807) is 6.26 Å². The highest BCUT2D eigenvalue weighted by atomic mass is 16.3. The zero-order chi connectivity index (χ0) is 12.8. The summed E-state index contributed by atoms with van der Waals surface area (Å²) in [5.74, 6) is 2.12. The quantitative estimate of drug-likeness (QED) is 0.765. The predicted molar refractivity (Wildman–Crippen MR) is 71.4 cm³/mol. The summed E-state index contributed by atoms with van der Waals surface area (Å²) >= 11 is 0. The minimum absolute atomic E-state index is 0.763. The highest BCUT2D eigenvalue weighted by Gasteiger charge is 2.08. The summed E-state index contributed by atoms with van der Waals surface area (Å²) in [6.07, 6.45) is 7.70. The molecule has 0 spiro atoms. The van der Waals surface area contributed by atoms with Gasteiger partial charge in [-0.1, -0.05) is 13.8 Å². The number of rotatable bonds is 7. The molecule has 98 valence electrons. The van der Waals surface area contributed by atoms with E-state index in [2.05, 4.69) is 28.7 Å². The third kappa shape index (κ3) is 3.01. The Morgan fingerprint density at radius 2 is 2.28 bits per heavy atom. The number of aromatic nitrogens is 2. The molecule has 4 nitrogen and oxygen atoms in total. The molecule has 0 radical (unpaired) electrons. The minimum atomic E-state index is 0.763. The Labute approximate surface area is 108 Å². The van der Waals surface area contributed by atoms with Gasteiger partial charge in [-0.3, -0.25) is 0 Å². The molecule has 0 aliphatic rings. The van der Waals surface area contributed by atoms with Crippen LogP contribution in [0.4, 0.5) is 0 Å². The van der Waals surface area contributed by atoms with Crippen molar-refractivity contribution in [3.05, 3.63) is 41.9 Å². The van der Waals surface area contributed by atoms with Crippen molar-refractivity contribution in [2.45, 2.75) is 39.8 Å². The molecule has 0 saturated heterocycles. The van der Waals surface area contributed by atoms with Crippen molar-refractivity contribution in [3.63, 3.8) is 0 Å². The Kier molecular flexibility index (Phi) is 4.59. The third-order valence-corrected chi connectivity index (χ3v) is 3.01. The Morgan fingerprint density at radius 1 is 1.39 bits per heavy atom. The summed E-state index contributed by atoms with van der Waals surface area (Å²) in [6.45, 7) is 6.96. The van der Waals surface area contributed by atoms with Gasteiger partial charge in [0.1, 0.15) is 11.6 Å². The van der Waals surface area contributed by atoms with Crippen LogP contribution in [0.1, 0.15) is 37.4 Å². The molecule has 4 heteroatoms. The summed E-state index contributed by atoms with van der Waals surface area (Å²) in [6, 6.07) is 2.04. The highest BCUT2D eigenvalue weighted by Crippen LogP contribution is 2.13. The smallest absolute Gasteiger partial charge is 0.127 e. The summed E-state index contributed by atoms with van der Waals surface area (Å²) in [5.41, 5.74) is 1.24. The number of furan rings is 1. The van der Waals surface area contributed by atoms with E-state index in [9.17, 15) is 0 Å². The maximum Gasteiger partial charge on any atom is 0.127 e. The van der Waals surface area contributed by atoms with Crippen molar-refractivity contribution in [2.75, 3.05) is 6.54 Å². The molecule has 2 heterocycles. The van der Waals surface area contributed by atoms with E-state index in [0.717, 1.165) is 44.1 Å². The highest BCUT2D eigenvalue weighted by molar-refractivity contribution is 5.17. The minimum Gasteiger partial charge on any atom is -0.467 e. The second-order valence-electron chi connectivity index (χ2n) is 4.37. The average molecular weight is 247 g/mol. The number of aryl methyl sites for hydroxylation is 1. The molecule has 2 aromatic heterocycles. The van der Waals surface area contributed by atoms with Gasteiger partial charge >= 0.3 is 0 Å². The fourth-order valence-electron chi connectivity index (χ4n) is 2.02. The monoisotopic (exact) mass is 247 g/mol. The Bertz CT molecular complexity index is 473. The maximum absolute atomic E-state index is 5.58.